The van der Waals surface area contributed by atoms with E-state index in [9.17, 15) is 4.79 Å². The lowest BCUT2D eigenvalue weighted by Gasteiger charge is -2.22. The van der Waals surface area contributed by atoms with Crippen LogP contribution in [0.5, 0.6) is 0 Å². The molecule has 146 valence electrons. The summed E-state index contributed by atoms with van der Waals surface area (Å²) in [6, 6.07) is 8.30. The Morgan fingerprint density at radius 3 is 2.81 bits per heavy atom. The fourth-order valence-electron chi connectivity index (χ4n) is 3.47. The van der Waals surface area contributed by atoms with E-state index in [2.05, 4.69) is 28.8 Å². The molecular formula is C20H31ClN2O3. The van der Waals surface area contributed by atoms with Gasteiger partial charge in [0.2, 0.25) is 5.91 Å². The maximum Gasteiger partial charge on any atom is 0.220 e. The van der Waals surface area contributed by atoms with Crippen molar-refractivity contribution in [1.82, 2.24) is 10.6 Å². The summed E-state index contributed by atoms with van der Waals surface area (Å²) < 4.78 is 11.3. The summed E-state index contributed by atoms with van der Waals surface area (Å²) in [6.45, 7) is 4.97. The highest BCUT2D eigenvalue weighted by Crippen LogP contribution is 2.15. The highest BCUT2D eigenvalue weighted by Gasteiger charge is 2.16. The van der Waals surface area contributed by atoms with Crippen LogP contribution in [0.1, 0.15) is 43.2 Å². The van der Waals surface area contributed by atoms with E-state index in [0.717, 1.165) is 56.7 Å². The Kier molecular flexibility index (Phi) is 9.40. The first-order valence-corrected chi connectivity index (χ1v) is 9.54. The van der Waals surface area contributed by atoms with Crippen molar-refractivity contribution >= 4 is 18.3 Å². The van der Waals surface area contributed by atoms with Crippen molar-refractivity contribution in [1.29, 1.82) is 0 Å². The largest absolute Gasteiger partial charge is 0.381 e. The maximum atomic E-state index is 12.0. The van der Waals surface area contributed by atoms with E-state index >= 15 is 0 Å². The van der Waals surface area contributed by atoms with Crippen molar-refractivity contribution in [3.63, 3.8) is 0 Å². The summed E-state index contributed by atoms with van der Waals surface area (Å²) >= 11 is 0. The quantitative estimate of drug-likeness (QED) is 0.725. The van der Waals surface area contributed by atoms with Gasteiger partial charge in [-0.25, -0.2) is 0 Å². The second-order valence-corrected chi connectivity index (χ2v) is 7.12. The van der Waals surface area contributed by atoms with Crippen molar-refractivity contribution in [3.05, 3.63) is 35.4 Å². The molecule has 2 heterocycles. The molecule has 5 nitrogen and oxygen atoms in total. The fraction of sp³-hybridized carbons (Fsp3) is 0.650. The molecule has 26 heavy (non-hydrogen) atoms. The topological polar surface area (TPSA) is 59.6 Å². The average molecular weight is 383 g/mol. The number of halogens is 1. The van der Waals surface area contributed by atoms with Crippen molar-refractivity contribution < 1.29 is 14.3 Å². The van der Waals surface area contributed by atoms with Gasteiger partial charge in [-0.05, 0) is 55.8 Å². The van der Waals surface area contributed by atoms with Gasteiger partial charge in [0.1, 0.15) is 0 Å². The van der Waals surface area contributed by atoms with Crippen molar-refractivity contribution in [3.8, 4) is 0 Å². The zero-order chi connectivity index (χ0) is 17.3. The zero-order valence-corrected chi connectivity index (χ0v) is 16.2. The third-order valence-electron chi connectivity index (χ3n) is 5.08. The summed E-state index contributed by atoms with van der Waals surface area (Å²) in [7, 11) is 0. The minimum Gasteiger partial charge on any atom is -0.381 e. The first-order valence-electron chi connectivity index (χ1n) is 9.54. The number of nitrogens with one attached hydrogen (secondary N) is 2. The molecule has 6 heteroatoms. The lowest BCUT2D eigenvalue weighted by Crippen LogP contribution is -2.24. The van der Waals surface area contributed by atoms with Crippen LogP contribution in [0.15, 0.2) is 24.3 Å². The molecule has 2 aliphatic heterocycles. The second-order valence-electron chi connectivity index (χ2n) is 7.12. The van der Waals surface area contributed by atoms with Gasteiger partial charge in [0.15, 0.2) is 0 Å². The number of ether oxygens (including phenoxy) is 2. The van der Waals surface area contributed by atoms with E-state index in [1.54, 1.807) is 0 Å². The minimum atomic E-state index is 0. The van der Waals surface area contributed by atoms with Crippen LogP contribution in [-0.2, 0) is 27.4 Å². The van der Waals surface area contributed by atoms with Gasteiger partial charge < -0.3 is 20.1 Å². The lowest BCUT2D eigenvalue weighted by molar-refractivity contribution is -0.121. The van der Waals surface area contributed by atoms with Crippen LogP contribution >= 0.6 is 12.4 Å². The maximum absolute atomic E-state index is 12.0. The van der Waals surface area contributed by atoms with Gasteiger partial charge in [-0.1, -0.05) is 24.3 Å². The van der Waals surface area contributed by atoms with Gasteiger partial charge in [-0.3, -0.25) is 4.79 Å². The highest BCUT2D eigenvalue weighted by molar-refractivity contribution is 5.85. The lowest BCUT2D eigenvalue weighted by atomic mass is 10.0. The van der Waals surface area contributed by atoms with Crippen LogP contribution in [-0.4, -0.2) is 38.3 Å². The van der Waals surface area contributed by atoms with Crippen LogP contribution in [0.25, 0.3) is 0 Å². The molecule has 2 N–H and O–H groups in total. The summed E-state index contributed by atoms with van der Waals surface area (Å²) in [5.41, 5.74) is 2.29. The number of hydrogen-bond donors (Lipinski definition) is 2. The van der Waals surface area contributed by atoms with Crippen LogP contribution < -0.4 is 10.6 Å². The van der Waals surface area contributed by atoms with Gasteiger partial charge >= 0.3 is 0 Å². The average Bonchev–Trinajstić information content (AvgIpc) is 3.18. The zero-order valence-electron chi connectivity index (χ0n) is 15.4. The fourth-order valence-corrected chi connectivity index (χ4v) is 3.47. The molecule has 1 aromatic rings. The molecule has 1 unspecified atom stereocenters. The Balaban J connectivity index is 0.00000243. The predicted octanol–water partition coefficient (Wildman–Crippen LogP) is 2.81. The van der Waals surface area contributed by atoms with Gasteiger partial charge in [0.25, 0.3) is 0 Å². The van der Waals surface area contributed by atoms with Gasteiger partial charge in [-0.2, -0.15) is 0 Å². The molecule has 1 atom stereocenters. The SMILES string of the molecule is Cl.O=C(CCC1CCNC1)NCc1cccc(COC2CCOCC2)c1. The van der Waals surface area contributed by atoms with Crippen molar-refractivity contribution in [2.45, 2.75) is 51.4 Å². The van der Waals surface area contributed by atoms with E-state index < -0.39 is 0 Å². The number of amides is 1. The Labute approximate surface area is 162 Å². The highest BCUT2D eigenvalue weighted by atomic mass is 35.5. The monoisotopic (exact) mass is 382 g/mol. The molecule has 0 aliphatic carbocycles. The second kappa shape index (κ2) is 11.5. The Hall–Kier alpha value is -1.14. The standard InChI is InChI=1S/C20H30N2O3.ClH/c23-20(5-4-16-6-9-21-13-16)22-14-17-2-1-3-18(12-17)15-25-19-7-10-24-11-8-19;/h1-3,12,16,19,21H,4-11,13-15H2,(H,22,23);1H. The van der Waals surface area contributed by atoms with Crippen LogP contribution in [0.3, 0.4) is 0 Å². The molecule has 0 saturated carbocycles. The number of hydrogen-bond acceptors (Lipinski definition) is 4. The van der Waals surface area contributed by atoms with Crippen LogP contribution in [0, 0.1) is 5.92 Å². The van der Waals surface area contributed by atoms with E-state index in [4.69, 9.17) is 9.47 Å². The Morgan fingerprint density at radius 1 is 1.23 bits per heavy atom. The van der Waals surface area contributed by atoms with Crippen LogP contribution in [0.4, 0.5) is 0 Å². The normalized spacial score (nSPS) is 20.5. The van der Waals surface area contributed by atoms with Crippen molar-refractivity contribution in [2.75, 3.05) is 26.3 Å². The third-order valence-corrected chi connectivity index (χ3v) is 5.08. The molecule has 0 spiro atoms. The smallest absolute Gasteiger partial charge is 0.220 e. The molecule has 2 fully saturated rings. The molecule has 1 amide bonds. The Morgan fingerprint density at radius 2 is 2.04 bits per heavy atom. The summed E-state index contributed by atoms with van der Waals surface area (Å²) in [6.07, 6.45) is 5.07. The third kappa shape index (κ3) is 7.23. The number of rotatable bonds is 8. The van der Waals surface area contributed by atoms with E-state index in [1.165, 1.54) is 6.42 Å². The van der Waals surface area contributed by atoms with Gasteiger partial charge in [0, 0.05) is 26.2 Å². The summed E-state index contributed by atoms with van der Waals surface area (Å²) in [5.74, 6) is 0.812. The van der Waals surface area contributed by atoms with E-state index in [0.29, 0.717) is 31.6 Å². The molecule has 0 bridgehead atoms. The molecule has 2 saturated heterocycles. The first-order chi connectivity index (χ1) is 12.3. The Bertz CT molecular complexity index is 544. The molecule has 3 rings (SSSR count). The van der Waals surface area contributed by atoms with Gasteiger partial charge in [-0.15, -0.1) is 12.4 Å². The van der Waals surface area contributed by atoms with E-state index in [-0.39, 0.29) is 18.3 Å². The molecule has 0 aromatic heterocycles. The molecular weight excluding hydrogens is 352 g/mol. The van der Waals surface area contributed by atoms with Crippen LogP contribution in [0.2, 0.25) is 0 Å². The number of benzene rings is 1. The summed E-state index contributed by atoms with van der Waals surface area (Å²) in [5, 5.41) is 6.38. The first kappa shape index (κ1) is 21.2. The molecule has 1 aromatic carbocycles. The predicted molar refractivity (Wildman–Crippen MR) is 104 cm³/mol. The van der Waals surface area contributed by atoms with E-state index in [1.807, 2.05) is 6.07 Å². The molecule has 2 aliphatic rings. The summed E-state index contributed by atoms with van der Waals surface area (Å²) in [4.78, 5) is 12.0. The molecule has 0 radical (unpaired) electrons. The minimum absolute atomic E-state index is 0. The number of carbonyl (C=O) groups excluding carboxylic acids is 1. The number of carbonyl (C=O) groups is 1. The van der Waals surface area contributed by atoms with Gasteiger partial charge in [0.05, 0.1) is 12.7 Å². The van der Waals surface area contributed by atoms with Crippen molar-refractivity contribution in [2.24, 2.45) is 5.92 Å².